The Morgan fingerprint density at radius 1 is 1.00 bits per heavy atom. The first-order valence-electron chi connectivity index (χ1n) is 12.1. The third-order valence-corrected chi connectivity index (χ3v) is 6.89. The number of hydrogen-bond donors (Lipinski definition) is 3. The molecule has 0 unspecified atom stereocenters. The molecule has 7 heteroatoms. The van der Waals surface area contributed by atoms with Gasteiger partial charge in [-0.25, -0.2) is 4.79 Å². The molecule has 0 spiro atoms. The van der Waals surface area contributed by atoms with Crippen LogP contribution < -0.4 is 10.6 Å². The monoisotopic (exact) mass is 464 g/mol. The largest absolute Gasteiger partial charge is 0.481 e. The second-order valence-electron chi connectivity index (χ2n) is 9.36. The fraction of sp³-hybridized carbons (Fsp3) is 0.444. The number of carboxylic acids is 1. The van der Waals surface area contributed by atoms with E-state index in [0.29, 0.717) is 18.9 Å². The van der Waals surface area contributed by atoms with Crippen molar-refractivity contribution in [2.45, 2.75) is 51.0 Å². The highest BCUT2D eigenvalue weighted by Crippen LogP contribution is 2.44. The average molecular weight is 465 g/mol. The summed E-state index contributed by atoms with van der Waals surface area (Å²) in [7, 11) is 0. The van der Waals surface area contributed by atoms with Crippen LogP contribution in [0.3, 0.4) is 0 Å². The molecule has 0 aromatic heterocycles. The van der Waals surface area contributed by atoms with Gasteiger partial charge in [-0.05, 0) is 53.4 Å². The molecule has 1 saturated carbocycles. The molecular formula is C27H32N2O5. The first-order chi connectivity index (χ1) is 16.5. The van der Waals surface area contributed by atoms with Crippen molar-refractivity contribution >= 4 is 18.0 Å². The minimum absolute atomic E-state index is 0.0334. The van der Waals surface area contributed by atoms with E-state index in [2.05, 4.69) is 34.9 Å². The summed E-state index contributed by atoms with van der Waals surface area (Å²) in [6, 6.07) is 15.6. The van der Waals surface area contributed by atoms with Crippen LogP contribution in [0.4, 0.5) is 4.79 Å². The lowest BCUT2D eigenvalue weighted by molar-refractivity contribution is -0.139. The van der Waals surface area contributed by atoms with Gasteiger partial charge in [0.2, 0.25) is 5.91 Å². The molecule has 7 nitrogen and oxygen atoms in total. The third-order valence-electron chi connectivity index (χ3n) is 6.89. The zero-order valence-electron chi connectivity index (χ0n) is 19.5. The second kappa shape index (κ2) is 10.7. The van der Waals surface area contributed by atoms with E-state index in [1.165, 1.54) is 0 Å². The molecule has 0 heterocycles. The Hall–Kier alpha value is -3.35. The Balaban J connectivity index is 1.28. The quantitative estimate of drug-likeness (QED) is 0.486. The topological polar surface area (TPSA) is 105 Å². The number of carboxylic acid groups (broad SMARTS) is 1. The predicted octanol–water partition coefficient (Wildman–Crippen LogP) is 4.31. The van der Waals surface area contributed by atoms with Crippen molar-refractivity contribution in [3.8, 4) is 11.1 Å². The van der Waals surface area contributed by atoms with Crippen molar-refractivity contribution in [3.63, 3.8) is 0 Å². The van der Waals surface area contributed by atoms with Crippen molar-refractivity contribution in [1.29, 1.82) is 0 Å². The van der Waals surface area contributed by atoms with Crippen LogP contribution in [0.25, 0.3) is 11.1 Å². The Morgan fingerprint density at radius 2 is 1.62 bits per heavy atom. The van der Waals surface area contributed by atoms with Crippen molar-refractivity contribution in [2.75, 3.05) is 13.2 Å². The molecule has 1 atom stereocenters. The van der Waals surface area contributed by atoms with E-state index in [4.69, 9.17) is 9.84 Å². The average Bonchev–Trinajstić information content (AvgIpc) is 3.12. The first-order valence-corrected chi connectivity index (χ1v) is 12.1. The number of benzene rings is 2. The number of carbonyl (C=O) groups is 3. The van der Waals surface area contributed by atoms with E-state index in [9.17, 15) is 14.4 Å². The van der Waals surface area contributed by atoms with Crippen LogP contribution in [-0.4, -0.2) is 42.3 Å². The van der Waals surface area contributed by atoms with Crippen LogP contribution in [0.2, 0.25) is 0 Å². The van der Waals surface area contributed by atoms with Crippen LogP contribution in [0, 0.1) is 11.8 Å². The highest BCUT2D eigenvalue weighted by Gasteiger charge is 2.32. The van der Waals surface area contributed by atoms with E-state index in [-0.39, 0.29) is 30.8 Å². The molecule has 2 aliphatic carbocycles. The van der Waals surface area contributed by atoms with Gasteiger partial charge in [-0.1, -0.05) is 61.9 Å². The molecule has 34 heavy (non-hydrogen) atoms. The Labute approximate surface area is 199 Å². The Morgan fingerprint density at radius 3 is 2.21 bits per heavy atom. The molecule has 0 saturated heterocycles. The third kappa shape index (κ3) is 5.41. The highest BCUT2D eigenvalue weighted by molar-refractivity contribution is 5.85. The van der Waals surface area contributed by atoms with E-state index < -0.39 is 18.1 Å². The van der Waals surface area contributed by atoms with Gasteiger partial charge >= 0.3 is 12.1 Å². The molecule has 0 bridgehead atoms. The molecule has 3 N–H and O–H groups in total. The fourth-order valence-corrected chi connectivity index (χ4v) is 5.16. The van der Waals surface area contributed by atoms with Gasteiger partial charge < -0.3 is 20.5 Å². The van der Waals surface area contributed by atoms with Crippen LogP contribution in [0.15, 0.2) is 48.5 Å². The van der Waals surface area contributed by atoms with Crippen LogP contribution in [0.5, 0.6) is 0 Å². The molecule has 180 valence electrons. The lowest BCUT2D eigenvalue weighted by atomic mass is 9.73. The number of nitrogens with one attached hydrogen (secondary N) is 2. The van der Waals surface area contributed by atoms with Crippen molar-refractivity contribution in [3.05, 3.63) is 59.7 Å². The number of amides is 2. The fourth-order valence-electron chi connectivity index (χ4n) is 5.16. The van der Waals surface area contributed by atoms with Gasteiger partial charge in [-0.3, -0.25) is 9.59 Å². The molecule has 2 aromatic rings. The maximum atomic E-state index is 12.7. The van der Waals surface area contributed by atoms with Gasteiger partial charge in [-0.15, -0.1) is 0 Å². The summed E-state index contributed by atoms with van der Waals surface area (Å²) in [5.74, 6) is -0.538. The van der Waals surface area contributed by atoms with E-state index in [0.717, 1.165) is 41.5 Å². The van der Waals surface area contributed by atoms with Gasteiger partial charge in [0.15, 0.2) is 0 Å². The number of ether oxygens (including phenoxy) is 1. The molecule has 0 aliphatic heterocycles. The summed E-state index contributed by atoms with van der Waals surface area (Å²) in [5, 5.41) is 14.5. The number of aliphatic carboxylic acids is 1. The number of hydrogen-bond acceptors (Lipinski definition) is 4. The van der Waals surface area contributed by atoms with Gasteiger partial charge in [-0.2, -0.15) is 0 Å². The smallest absolute Gasteiger partial charge is 0.407 e. The summed E-state index contributed by atoms with van der Waals surface area (Å²) in [6.45, 7) is 2.66. The molecule has 4 rings (SSSR count). The zero-order valence-corrected chi connectivity index (χ0v) is 19.5. The van der Waals surface area contributed by atoms with Crippen molar-refractivity contribution in [1.82, 2.24) is 10.6 Å². The Kier molecular flexibility index (Phi) is 7.50. The molecule has 0 radical (unpaired) electrons. The molecule has 1 fully saturated rings. The molecule has 2 amide bonds. The maximum Gasteiger partial charge on any atom is 0.407 e. The van der Waals surface area contributed by atoms with Gasteiger partial charge in [0, 0.05) is 18.9 Å². The summed E-state index contributed by atoms with van der Waals surface area (Å²) < 4.78 is 5.59. The summed E-state index contributed by atoms with van der Waals surface area (Å²) in [6.07, 6.45) is 2.47. The van der Waals surface area contributed by atoms with Crippen molar-refractivity contribution < 1.29 is 24.2 Å². The first kappa shape index (κ1) is 23.8. The zero-order chi connectivity index (χ0) is 24.1. The highest BCUT2D eigenvalue weighted by atomic mass is 16.5. The lowest BCUT2D eigenvalue weighted by Gasteiger charge is -2.34. The minimum atomic E-state index is -0.775. The lowest BCUT2D eigenvalue weighted by Crippen LogP contribution is -2.49. The van der Waals surface area contributed by atoms with Gasteiger partial charge in [0.1, 0.15) is 12.6 Å². The number of fused-ring (bicyclic) bond motifs is 3. The van der Waals surface area contributed by atoms with Gasteiger partial charge in [0.05, 0.1) is 0 Å². The number of alkyl carbamates (subject to hydrolysis) is 1. The predicted molar refractivity (Wildman–Crippen MR) is 128 cm³/mol. The summed E-state index contributed by atoms with van der Waals surface area (Å²) in [4.78, 5) is 36.1. The molecular weight excluding hydrogens is 432 g/mol. The van der Waals surface area contributed by atoms with E-state index in [1.807, 2.05) is 31.2 Å². The van der Waals surface area contributed by atoms with Gasteiger partial charge in [0.25, 0.3) is 0 Å². The standard InChI is InChI=1S/C27H32N2O5/c1-2-7-24(26(32)28-15-18-12-17(13-18)14-25(30)31)29-27(33)34-16-23-21-10-5-3-8-19(21)20-9-4-6-11-22(20)23/h3-6,8-11,17-18,23-24H,2,7,12-16H2,1H3,(H,28,32)(H,29,33)(H,30,31)/t17?,18?,24-/m1/s1. The summed E-state index contributed by atoms with van der Waals surface area (Å²) in [5.41, 5.74) is 4.61. The SMILES string of the molecule is CCC[C@@H](NC(=O)OCC1c2ccccc2-c2ccccc21)C(=O)NCC1CC(CC(=O)O)C1. The summed E-state index contributed by atoms with van der Waals surface area (Å²) >= 11 is 0. The van der Waals surface area contributed by atoms with Crippen LogP contribution in [0.1, 0.15) is 56.1 Å². The molecule has 2 aromatic carbocycles. The molecule has 2 aliphatic rings. The van der Waals surface area contributed by atoms with Crippen LogP contribution in [-0.2, 0) is 14.3 Å². The second-order valence-corrected chi connectivity index (χ2v) is 9.36. The number of rotatable bonds is 10. The van der Waals surface area contributed by atoms with E-state index in [1.54, 1.807) is 0 Å². The van der Waals surface area contributed by atoms with Crippen molar-refractivity contribution in [2.24, 2.45) is 11.8 Å². The van der Waals surface area contributed by atoms with E-state index >= 15 is 0 Å². The minimum Gasteiger partial charge on any atom is -0.481 e. The number of carbonyl (C=O) groups excluding carboxylic acids is 2. The maximum absolute atomic E-state index is 12.7. The normalized spacial score (nSPS) is 19.3. The Bertz CT molecular complexity index is 1000. The van der Waals surface area contributed by atoms with Crippen LogP contribution >= 0.6 is 0 Å².